The third-order valence-electron chi connectivity index (χ3n) is 2.19. The topological polar surface area (TPSA) is 61.7 Å². The van der Waals surface area contributed by atoms with Gasteiger partial charge in [0, 0.05) is 23.0 Å². The molecule has 78 valence electrons. The molecule has 16 heavy (non-hydrogen) atoms. The van der Waals surface area contributed by atoms with Crippen LogP contribution in [-0.4, -0.2) is 11.5 Å². The first-order chi connectivity index (χ1) is 7.90. The summed E-state index contributed by atoms with van der Waals surface area (Å²) in [5, 5.41) is 4.54. The van der Waals surface area contributed by atoms with Crippen molar-refractivity contribution < 1.29 is 0 Å². The van der Waals surface area contributed by atoms with E-state index in [4.69, 9.17) is 5.53 Å². The molecule has 4 heteroatoms. The van der Waals surface area contributed by atoms with Crippen LogP contribution in [0.2, 0.25) is 0 Å². The molecule has 0 aliphatic heterocycles. The predicted octanol–water partition coefficient (Wildman–Crippen LogP) is 3.56. The van der Waals surface area contributed by atoms with Crippen molar-refractivity contribution in [2.24, 2.45) is 5.11 Å². The van der Waals surface area contributed by atoms with Crippen LogP contribution < -0.4 is 0 Å². The zero-order valence-corrected chi connectivity index (χ0v) is 8.61. The Labute approximate surface area is 92.9 Å². The number of fused-ring (bicyclic) bond motifs is 1. The van der Waals surface area contributed by atoms with Crippen molar-refractivity contribution in [3.63, 3.8) is 0 Å². The number of hydrogen-bond donors (Lipinski definition) is 0. The summed E-state index contributed by atoms with van der Waals surface area (Å²) in [5.41, 5.74) is 10.2. The molecule has 0 aliphatic rings. The fourth-order valence-corrected chi connectivity index (χ4v) is 1.47. The average molecular weight is 210 g/mol. The molecular formula is C12H10N4. The molecule has 0 saturated carbocycles. The second-order valence-electron chi connectivity index (χ2n) is 3.27. The van der Waals surface area contributed by atoms with Gasteiger partial charge in [-0.15, -0.1) is 0 Å². The van der Waals surface area contributed by atoms with Gasteiger partial charge >= 0.3 is 0 Å². The van der Waals surface area contributed by atoms with Crippen molar-refractivity contribution >= 4 is 17.0 Å². The quantitative estimate of drug-likeness (QED) is 0.434. The summed E-state index contributed by atoms with van der Waals surface area (Å²) in [6, 6.07) is 9.95. The van der Waals surface area contributed by atoms with E-state index in [-0.39, 0.29) is 0 Å². The zero-order chi connectivity index (χ0) is 11.2. The van der Waals surface area contributed by atoms with Gasteiger partial charge in [-0.1, -0.05) is 29.4 Å². The second-order valence-corrected chi connectivity index (χ2v) is 3.27. The number of benzene rings is 1. The molecule has 2 rings (SSSR count). The van der Waals surface area contributed by atoms with Gasteiger partial charge in [0.15, 0.2) is 0 Å². The first-order valence-electron chi connectivity index (χ1n) is 4.92. The number of nitrogens with zero attached hydrogens (tertiary/aromatic N) is 4. The lowest BCUT2D eigenvalue weighted by molar-refractivity contribution is 1.22. The Morgan fingerprint density at radius 3 is 3.19 bits per heavy atom. The van der Waals surface area contributed by atoms with Gasteiger partial charge in [-0.25, -0.2) is 0 Å². The van der Waals surface area contributed by atoms with E-state index in [0.717, 1.165) is 16.5 Å². The SMILES string of the molecule is [N-]=[N+]=NCC=Cc1ccc2ncccc2c1. The summed E-state index contributed by atoms with van der Waals surface area (Å²) < 4.78 is 0. The molecule has 1 aromatic carbocycles. The van der Waals surface area contributed by atoms with Crippen LogP contribution in [0.3, 0.4) is 0 Å². The molecule has 4 nitrogen and oxygen atoms in total. The van der Waals surface area contributed by atoms with Gasteiger partial charge in [0.25, 0.3) is 0 Å². The molecule has 0 unspecified atom stereocenters. The number of hydrogen-bond acceptors (Lipinski definition) is 2. The van der Waals surface area contributed by atoms with E-state index in [0.29, 0.717) is 6.54 Å². The van der Waals surface area contributed by atoms with E-state index >= 15 is 0 Å². The summed E-state index contributed by atoms with van der Waals surface area (Å²) in [6.45, 7) is 0.377. The Balaban J connectivity index is 2.25. The predicted molar refractivity (Wildman–Crippen MR) is 64.8 cm³/mol. The van der Waals surface area contributed by atoms with Crippen molar-refractivity contribution in [3.05, 3.63) is 58.6 Å². The van der Waals surface area contributed by atoms with Crippen molar-refractivity contribution in [2.75, 3.05) is 6.54 Å². The first kappa shape index (κ1) is 10.2. The summed E-state index contributed by atoms with van der Waals surface area (Å²) in [4.78, 5) is 6.92. The van der Waals surface area contributed by atoms with E-state index in [9.17, 15) is 0 Å². The van der Waals surface area contributed by atoms with E-state index in [1.54, 1.807) is 6.20 Å². The summed E-state index contributed by atoms with van der Waals surface area (Å²) >= 11 is 0. The van der Waals surface area contributed by atoms with Gasteiger partial charge in [-0.3, -0.25) is 4.98 Å². The maximum Gasteiger partial charge on any atom is 0.0702 e. The maximum absolute atomic E-state index is 8.12. The highest BCUT2D eigenvalue weighted by atomic mass is 15.1. The number of azide groups is 1. The standard InChI is InChI=1S/C12H10N4/c13-16-15-8-1-3-10-5-6-12-11(9-10)4-2-7-14-12/h1-7,9H,8H2. The van der Waals surface area contributed by atoms with E-state index in [1.165, 1.54) is 0 Å². The van der Waals surface area contributed by atoms with Gasteiger partial charge in [0.2, 0.25) is 0 Å². The highest BCUT2D eigenvalue weighted by Crippen LogP contribution is 2.14. The average Bonchev–Trinajstić information content (AvgIpc) is 2.34. The fourth-order valence-electron chi connectivity index (χ4n) is 1.47. The van der Waals surface area contributed by atoms with Crippen LogP contribution in [0.1, 0.15) is 5.56 Å². The minimum atomic E-state index is 0.377. The highest BCUT2D eigenvalue weighted by molar-refractivity contribution is 5.80. The molecule has 2 aromatic rings. The lowest BCUT2D eigenvalue weighted by Gasteiger charge is -1.97. The van der Waals surface area contributed by atoms with E-state index < -0.39 is 0 Å². The molecule has 0 spiro atoms. The summed E-state index contributed by atoms with van der Waals surface area (Å²) in [7, 11) is 0. The van der Waals surface area contributed by atoms with E-state index in [1.807, 2.05) is 36.4 Å². The number of aromatic nitrogens is 1. The highest BCUT2D eigenvalue weighted by Gasteiger charge is 1.93. The van der Waals surface area contributed by atoms with Crippen molar-refractivity contribution in [3.8, 4) is 0 Å². The van der Waals surface area contributed by atoms with Crippen LogP contribution in [0.4, 0.5) is 0 Å². The van der Waals surface area contributed by atoms with Gasteiger partial charge < -0.3 is 0 Å². The van der Waals surface area contributed by atoms with Gasteiger partial charge in [-0.2, -0.15) is 0 Å². The molecule has 0 fully saturated rings. The van der Waals surface area contributed by atoms with Crippen LogP contribution in [0, 0.1) is 0 Å². The molecular weight excluding hydrogens is 200 g/mol. The Bertz CT molecular complexity index is 568. The van der Waals surface area contributed by atoms with E-state index in [2.05, 4.69) is 21.1 Å². The molecule has 0 radical (unpaired) electrons. The van der Waals surface area contributed by atoms with Gasteiger partial charge in [0.1, 0.15) is 0 Å². The van der Waals surface area contributed by atoms with Gasteiger partial charge in [-0.05, 0) is 29.3 Å². The molecule has 0 saturated heterocycles. The minimum Gasteiger partial charge on any atom is -0.256 e. The fraction of sp³-hybridized carbons (Fsp3) is 0.0833. The molecule has 0 aliphatic carbocycles. The Hall–Kier alpha value is -2.32. The Morgan fingerprint density at radius 1 is 1.38 bits per heavy atom. The molecule has 0 bridgehead atoms. The van der Waals surface area contributed by atoms with Crippen molar-refractivity contribution in [1.82, 2.24) is 4.98 Å². The smallest absolute Gasteiger partial charge is 0.0702 e. The monoisotopic (exact) mass is 210 g/mol. The largest absolute Gasteiger partial charge is 0.256 e. The molecule has 0 N–H and O–H groups in total. The molecule has 1 heterocycles. The van der Waals surface area contributed by atoms with Crippen molar-refractivity contribution in [1.29, 1.82) is 0 Å². The number of rotatable bonds is 3. The Kier molecular flexibility index (Phi) is 3.16. The second kappa shape index (κ2) is 4.96. The lowest BCUT2D eigenvalue weighted by Crippen LogP contribution is -1.79. The van der Waals surface area contributed by atoms with Crippen LogP contribution in [0.5, 0.6) is 0 Å². The normalized spacial score (nSPS) is 10.5. The van der Waals surface area contributed by atoms with Crippen molar-refractivity contribution in [2.45, 2.75) is 0 Å². The minimum absolute atomic E-state index is 0.377. The lowest BCUT2D eigenvalue weighted by atomic mass is 10.1. The van der Waals surface area contributed by atoms with Crippen LogP contribution in [0.25, 0.3) is 27.4 Å². The Morgan fingerprint density at radius 2 is 2.31 bits per heavy atom. The summed E-state index contributed by atoms with van der Waals surface area (Å²) in [6.07, 6.45) is 5.54. The first-order valence-corrected chi connectivity index (χ1v) is 4.92. The van der Waals surface area contributed by atoms with Crippen LogP contribution in [-0.2, 0) is 0 Å². The third kappa shape index (κ3) is 2.38. The van der Waals surface area contributed by atoms with Gasteiger partial charge in [0.05, 0.1) is 5.52 Å². The zero-order valence-electron chi connectivity index (χ0n) is 8.61. The maximum atomic E-state index is 8.12. The third-order valence-corrected chi connectivity index (χ3v) is 2.19. The molecule has 0 atom stereocenters. The van der Waals surface area contributed by atoms with Crippen LogP contribution >= 0.6 is 0 Å². The number of pyridine rings is 1. The summed E-state index contributed by atoms with van der Waals surface area (Å²) in [5.74, 6) is 0. The molecule has 0 amide bonds. The van der Waals surface area contributed by atoms with Crippen LogP contribution in [0.15, 0.2) is 47.7 Å². The molecule has 1 aromatic heterocycles.